The number of hydrogen-bond acceptors (Lipinski definition) is 5. The topological polar surface area (TPSA) is 102 Å². The molecule has 2 N–H and O–H groups in total. The summed E-state index contributed by atoms with van der Waals surface area (Å²) in [6.07, 6.45) is 0. The first-order valence-corrected chi connectivity index (χ1v) is 11.7. The minimum atomic E-state index is -4.10. The summed E-state index contributed by atoms with van der Waals surface area (Å²) in [4.78, 5) is -0.318. The number of halogens is 2. The molecular formula is C20H18F2N2O5S2. The third-order valence-electron chi connectivity index (χ3n) is 4.25. The van der Waals surface area contributed by atoms with E-state index in [1.807, 2.05) is 0 Å². The smallest absolute Gasteiger partial charge is 0.262 e. The van der Waals surface area contributed by atoms with Crippen LogP contribution in [0.1, 0.15) is 5.56 Å². The maximum absolute atomic E-state index is 13.3. The molecule has 0 aliphatic heterocycles. The lowest BCUT2D eigenvalue weighted by Gasteiger charge is -2.15. The van der Waals surface area contributed by atoms with Crippen molar-refractivity contribution in [1.29, 1.82) is 0 Å². The summed E-state index contributed by atoms with van der Waals surface area (Å²) >= 11 is 0. The molecule has 3 aromatic carbocycles. The minimum absolute atomic E-state index is 0.0390. The van der Waals surface area contributed by atoms with Crippen LogP contribution in [0.15, 0.2) is 70.5 Å². The molecule has 3 aromatic rings. The van der Waals surface area contributed by atoms with Crippen molar-refractivity contribution in [3.05, 3.63) is 77.9 Å². The van der Waals surface area contributed by atoms with E-state index in [1.54, 1.807) is 0 Å². The molecule has 0 saturated heterocycles. The second-order valence-electron chi connectivity index (χ2n) is 6.49. The molecule has 0 aliphatic rings. The SMILES string of the molecule is COc1ccc(NS(=O)(=O)c2ccc(F)cc2C)cc1NS(=O)(=O)c1ccc(F)cc1. The molecule has 31 heavy (non-hydrogen) atoms. The van der Waals surface area contributed by atoms with E-state index in [2.05, 4.69) is 9.44 Å². The number of hydrogen-bond donors (Lipinski definition) is 2. The maximum Gasteiger partial charge on any atom is 0.262 e. The molecule has 0 aliphatic carbocycles. The Morgan fingerprint density at radius 1 is 0.774 bits per heavy atom. The van der Waals surface area contributed by atoms with Crippen LogP contribution in [0.3, 0.4) is 0 Å². The van der Waals surface area contributed by atoms with E-state index in [0.29, 0.717) is 0 Å². The predicted molar refractivity (Wildman–Crippen MR) is 112 cm³/mol. The number of methoxy groups -OCH3 is 1. The highest BCUT2D eigenvalue weighted by Crippen LogP contribution is 2.31. The first kappa shape index (κ1) is 22.5. The molecule has 0 atom stereocenters. The van der Waals surface area contributed by atoms with Gasteiger partial charge in [-0.1, -0.05) is 0 Å². The second-order valence-corrected chi connectivity index (χ2v) is 9.82. The summed E-state index contributed by atoms with van der Waals surface area (Å²) in [7, 11) is -6.86. The molecule has 7 nitrogen and oxygen atoms in total. The number of ether oxygens (including phenoxy) is 1. The van der Waals surface area contributed by atoms with Gasteiger partial charge >= 0.3 is 0 Å². The number of sulfonamides is 2. The fourth-order valence-corrected chi connectivity index (χ4v) is 5.13. The maximum atomic E-state index is 13.3. The monoisotopic (exact) mass is 468 g/mol. The van der Waals surface area contributed by atoms with E-state index < -0.39 is 31.7 Å². The van der Waals surface area contributed by atoms with Gasteiger partial charge in [-0.25, -0.2) is 25.6 Å². The first-order valence-electron chi connectivity index (χ1n) is 8.77. The molecule has 0 radical (unpaired) electrons. The molecule has 0 aromatic heterocycles. The molecule has 0 heterocycles. The van der Waals surface area contributed by atoms with Gasteiger partial charge in [0.05, 0.1) is 28.3 Å². The standard InChI is InChI=1S/C20H18F2N2O5S2/c1-13-11-15(22)5-10-20(13)31(27,28)23-16-6-9-19(29-2)18(12-16)24-30(25,26)17-7-3-14(21)4-8-17/h3-12,23-24H,1-2H3. The lowest BCUT2D eigenvalue weighted by Crippen LogP contribution is -2.16. The van der Waals surface area contributed by atoms with Crippen LogP contribution in [0.5, 0.6) is 5.75 Å². The molecule has 0 amide bonds. The van der Waals surface area contributed by atoms with Gasteiger partial charge in [0.15, 0.2) is 0 Å². The van der Waals surface area contributed by atoms with Crippen LogP contribution in [-0.4, -0.2) is 23.9 Å². The van der Waals surface area contributed by atoms with Crippen molar-refractivity contribution < 1.29 is 30.4 Å². The van der Waals surface area contributed by atoms with Crippen molar-refractivity contribution in [2.45, 2.75) is 16.7 Å². The largest absolute Gasteiger partial charge is 0.495 e. The van der Waals surface area contributed by atoms with Gasteiger partial charge in [-0.05, 0) is 73.2 Å². The third kappa shape index (κ3) is 5.12. The summed E-state index contributed by atoms with van der Waals surface area (Å²) in [6.45, 7) is 1.45. The van der Waals surface area contributed by atoms with E-state index >= 15 is 0 Å². The molecule has 3 rings (SSSR count). The van der Waals surface area contributed by atoms with Crippen LogP contribution in [0, 0.1) is 18.6 Å². The van der Waals surface area contributed by atoms with Crippen LogP contribution in [-0.2, 0) is 20.0 Å². The van der Waals surface area contributed by atoms with Gasteiger partial charge in [-0.3, -0.25) is 9.44 Å². The van der Waals surface area contributed by atoms with Gasteiger partial charge in [-0.15, -0.1) is 0 Å². The summed E-state index contributed by atoms with van der Waals surface area (Å²) in [6, 6.07) is 11.4. The zero-order valence-electron chi connectivity index (χ0n) is 16.4. The van der Waals surface area contributed by atoms with Crippen molar-refractivity contribution in [3.63, 3.8) is 0 Å². The van der Waals surface area contributed by atoms with E-state index in [4.69, 9.17) is 4.74 Å². The third-order valence-corrected chi connectivity index (χ3v) is 7.17. The van der Waals surface area contributed by atoms with Crippen molar-refractivity contribution >= 4 is 31.4 Å². The lowest BCUT2D eigenvalue weighted by atomic mass is 10.2. The predicted octanol–water partition coefficient (Wildman–Crippen LogP) is 3.88. The summed E-state index contributed by atoms with van der Waals surface area (Å²) < 4.78 is 86.8. The summed E-state index contributed by atoms with van der Waals surface area (Å²) in [5.41, 5.74) is 0.211. The Morgan fingerprint density at radius 3 is 2.03 bits per heavy atom. The van der Waals surface area contributed by atoms with E-state index in [1.165, 1.54) is 32.2 Å². The molecular weight excluding hydrogens is 450 g/mol. The van der Waals surface area contributed by atoms with Crippen LogP contribution in [0.2, 0.25) is 0 Å². The molecule has 0 unspecified atom stereocenters. The molecule has 0 spiro atoms. The quantitative estimate of drug-likeness (QED) is 0.548. The summed E-state index contributed by atoms with van der Waals surface area (Å²) in [5, 5.41) is 0. The van der Waals surface area contributed by atoms with E-state index in [-0.39, 0.29) is 32.5 Å². The number of rotatable bonds is 7. The molecule has 11 heteroatoms. The number of nitrogens with one attached hydrogen (secondary N) is 2. The fraction of sp³-hybridized carbons (Fsp3) is 0.100. The Labute approximate surface area is 178 Å². The van der Waals surface area contributed by atoms with Crippen molar-refractivity contribution in [1.82, 2.24) is 0 Å². The van der Waals surface area contributed by atoms with Gasteiger partial charge < -0.3 is 4.74 Å². The minimum Gasteiger partial charge on any atom is -0.495 e. The molecule has 0 saturated carbocycles. The van der Waals surface area contributed by atoms with Gasteiger partial charge in [0, 0.05) is 0 Å². The Morgan fingerprint density at radius 2 is 1.42 bits per heavy atom. The average Bonchev–Trinajstić information content (AvgIpc) is 2.67. The zero-order chi connectivity index (χ0) is 22.8. The molecule has 164 valence electrons. The highest BCUT2D eigenvalue weighted by molar-refractivity contribution is 7.93. The Balaban J connectivity index is 1.94. The number of benzene rings is 3. The van der Waals surface area contributed by atoms with Crippen LogP contribution >= 0.6 is 0 Å². The van der Waals surface area contributed by atoms with Gasteiger partial charge in [0.2, 0.25) is 0 Å². The Bertz CT molecular complexity index is 1330. The molecule has 0 bridgehead atoms. The van der Waals surface area contributed by atoms with E-state index in [0.717, 1.165) is 42.5 Å². The number of aryl methyl sites for hydroxylation is 1. The fourth-order valence-electron chi connectivity index (χ4n) is 2.79. The summed E-state index contributed by atoms with van der Waals surface area (Å²) in [5.74, 6) is -1.03. The second kappa shape index (κ2) is 8.52. The van der Waals surface area contributed by atoms with E-state index in [9.17, 15) is 25.6 Å². The Kier molecular flexibility index (Phi) is 6.18. The van der Waals surface area contributed by atoms with Crippen molar-refractivity contribution in [2.75, 3.05) is 16.6 Å². The average molecular weight is 469 g/mol. The lowest BCUT2D eigenvalue weighted by molar-refractivity contribution is 0.417. The van der Waals surface area contributed by atoms with Crippen LogP contribution in [0.25, 0.3) is 0 Å². The van der Waals surface area contributed by atoms with Gasteiger partial charge in [0.1, 0.15) is 17.4 Å². The zero-order valence-corrected chi connectivity index (χ0v) is 18.0. The highest BCUT2D eigenvalue weighted by Gasteiger charge is 2.20. The van der Waals surface area contributed by atoms with Crippen molar-refractivity contribution in [3.8, 4) is 5.75 Å². The highest BCUT2D eigenvalue weighted by atomic mass is 32.2. The number of anilines is 2. The van der Waals surface area contributed by atoms with Gasteiger partial charge in [0.25, 0.3) is 20.0 Å². The van der Waals surface area contributed by atoms with Crippen LogP contribution in [0.4, 0.5) is 20.2 Å². The molecule has 0 fully saturated rings. The van der Waals surface area contributed by atoms with Crippen molar-refractivity contribution in [2.24, 2.45) is 0 Å². The van der Waals surface area contributed by atoms with Gasteiger partial charge in [-0.2, -0.15) is 0 Å². The first-order chi connectivity index (χ1) is 14.5. The van der Waals surface area contributed by atoms with Crippen LogP contribution < -0.4 is 14.2 Å². The Hall–Kier alpha value is -3.18. The normalized spacial score (nSPS) is 11.7.